The predicted molar refractivity (Wildman–Crippen MR) is 108 cm³/mol. The monoisotopic (exact) mass is 397 g/mol. The van der Waals surface area contributed by atoms with Gasteiger partial charge in [-0.15, -0.1) is 0 Å². The fourth-order valence-electron chi connectivity index (χ4n) is 2.72. The number of rotatable bonds is 8. The molecule has 0 fully saturated rings. The van der Waals surface area contributed by atoms with Crippen LogP contribution in [0.15, 0.2) is 84.9 Å². The fourth-order valence-corrected chi connectivity index (χ4v) is 4.71. The summed E-state index contributed by atoms with van der Waals surface area (Å²) in [6.07, 6.45) is 0. The summed E-state index contributed by atoms with van der Waals surface area (Å²) in [7, 11) is -4.01. The molecule has 3 aromatic rings. The van der Waals surface area contributed by atoms with E-state index >= 15 is 0 Å². The topological polar surface area (TPSA) is 78.7 Å². The molecule has 6 nitrogen and oxygen atoms in total. The maximum atomic E-state index is 13.9. The van der Waals surface area contributed by atoms with Crippen LogP contribution in [-0.2, 0) is 4.57 Å². The summed E-state index contributed by atoms with van der Waals surface area (Å²) in [4.78, 5) is 10.9. The number of nitrogens with zero attached hydrogens (tertiary/aromatic N) is 1. The van der Waals surface area contributed by atoms with Crippen molar-refractivity contribution in [1.29, 1.82) is 0 Å². The average molecular weight is 397 g/mol. The van der Waals surface area contributed by atoms with Crippen LogP contribution in [0.25, 0.3) is 0 Å². The van der Waals surface area contributed by atoms with Gasteiger partial charge in [0.2, 0.25) is 6.54 Å². The lowest BCUT2D eigenvalue weighted by molar-refractivity contribution is -0.480. The summed E-state index contributed by atoms with van der Waals surface area (Å²) < 4.78 is 25.5. The minimum atomic E-state index is -4.01. The lowest BCUT2D eigenvalue weighted by Gasteiger charge is -2.25. The van der Waals surface area contributed by atoms with Gasteiger partial charge in [0, 0.05) is 4.92 Å². The molecule has 144 valence electrons. The van der Waals surface area contributed by atoms with Crippen LogP contribution < -0.4 is 9.05 Å². The standard InChI is InChI=1S/C21H20NO5P/c1-17-12-14-18(15-13-17)21(16-22(23)24)28(25,26-19-8-4-2-5-9-19)27-20-10-6-3-7-11-20/h2-15,21H,16H2,1H3/t21-/m0/s1. The van der Waals surface area contributed by atoms with Crippen molar-refractivity contribution in [3.8, 4) is 11.5 Å². The van der Waals surface area contributed by atoms with Gasteiger partial charge in [-0.3, -0.25) is 10.1 Å². The maximum Gasteiger partial charge on any atom is 0.444 e. The van der Waals surface area contributed by atoms with Crippen LogP contribution in [0, 0.1) is 17.0 Å². The van der Waals surface area contributed by atoms with E-state index in [4.69, 9.17) is 9.05 Å². The molecule has 0 heterocycles. The van der Waals surface area contributed by atoms with E-state index in [1.807, 2.05) is 19.1 Å². The number of para-hydroxylation sites is 2. The molecular weight excluding hydrogens is 377 g/mol. The van der Waals surface area contributed by atoms with Gasteiger partial charge < -0.3 is 9.05 Å². The van der Waals surface area contributed by atoms with E-state index in [1.54, 1.807) is 72.8 Å². The third kappa shape index (κ3) is 4.99. The molecule has 0 aliphatic carbocycles. The van der Waals surface area contributed by atoms with E-state index in [0.29, 0.717) is 17.1 Å². The molecule has 0 saturated heterocycles. The second-order valence-corrected chi connectivity index (χ2v) is 8.36. The molecule has 3 aromatic carbocycles. The molecule has 1 atom stereocenters. The van der Waals surface area contributed by atoms with Gasteiger partial charge in [0.05, 0.1) is 0 Å². The van der Waals surface area contributed by atoms with Gasteiger partial charge in [0.15, 0.2) is 5.66 Å². The zero-order valence-corrected chi connectivity index (χ0v) is 16.2. The summed E-state index contributed by atoms with van der Waals surface area (Å²) in [5.41, 5.74) is 0.451. The molecule has 7 heteroatoms. The summed E-state index contributed by atoms with van der Waals surface area (Å²) in [5.74, 6) is 0.643. The molecule has 0 unspecified atom stereocenters. The molecule has 0 bridgehead atoms. The van der Waals surface area contributed by atoms with E-state index in [-0.39, 0.29) is 0 Å². The summed E-state index contributed by atoms with van der Waals surface area (Å²) in [5, 5.41) is 11.4. The molecule has 0 aromatic heterocycles. The van der Waals surface area contributed by atoms with Crippen LogP contribution in [-0.4, -0.2) is 11.5 Å². The highest BCUT2D eigenvalue weighted by molar-refractivity contribution is 7.55. The number of aryl methyl sites for hydroxylation is 1. The Morgan fingerprint density at radius 1 is 0.857 bits per heavy atom. The van der Waals surface area contributed by atoms with E-state index in [0.717, 1.165) is 5.56 Å². The second kappa shape index (κ2) is 8.72. The van der Waals surface area contributed by atoms with Crippen LogP contribution in [0.2, 0.25) is 0 Å². The third-order valence-electron chi connectivity index (χ3n) is 4.12. The van der Waals surface area contributed by atoms with E-state index < -0.39 is 24.7 Å². The second-order valence-electron chi connectivity index (χ2n) is 6.29. The smallest absolute Gasteiger partial charge is 0.415 e. The van der Waals surface area contributed by atoms with Crippen LogP contribution in [0.4, 0.5) is 0 Å². The van der Waals surface area contributed by atoms with E-state index in [2.05, 4.69) is 0 Å². The Hall–Kier alpha value is -3.11. The Bertz CT molecular complexity index is 916. The SMILES string of the molecule is Cc1ccc([C@H](C[N+](=O)[O-])P(=O)(Oc2ccccc2)Oc2ccccc2)cc1. The first-order valence-corrected chi connectivity index (χ1v) is 10.3. The van der Waals surface area contributed by atoms with Gasteiger partial charge in [0.25, 0.3) is 0 Å². The maximum absolute atomic E-state index is 13.9. The van der Waals surface area contributed by atoms with Gasteiger partial charge in [0.1, 0.15) is 11.5 Å². The molecule has 0 saturated carbocycles. The molecule has 3 rings (SSSR count). The van der Waals surface area contributed by atoms with Gasteiger partial charge in [-0.1, -0.05) is 66.2 Å². The first-order valence-electron chi connectivity index (χ1n) is 8.74. The highest BCUT2D eigenvalue weighted by atomic mass is 31.2. The van der Waals surface area contributed by atoms with Crippen LogP contribution in [0.5, 0.6) is 11.5 Å². The summed E-state index contributed by atoms with van der Waals surface area (Å²) >= 11 is 0. The Balaban J connectivity index is 2.06. The largest absolute Gasteiger partial charge is 0.444 e. The quantitative estimate of drug-likeness (QED) is 0.278. The first kappa shape index (κ1) is 19.6. The Labute approximate surface area is 163 Å². The zero-order chi connectivity index (χ0) is 20.0. The van der Waals surface area contributed by atoms with Crippen molar-refractivity contribution in [2.24, 2.45) is 0 Å². The first-order chi connectivity index (χ1) is 13.5. The summed E-state index contributed by atoms with van der Waals surface area (Å²) in [6.45, 7) is 1.33. The number of benzene rings is 3. The van der Waals surface area contributed by atoms with Gasteiger partial charge >= 0.3 is 7.60 Å². The molecule has 0 aliphatic heterocycles. The summed E-state index contributed by atoms with van der Waals surface area (Å²) in [6, 6.07) is 24.2. The zero-order valence-electron chi connectivity index (χ0n) is 15.3. The van der Waals surface area contributed by atoms with Gasteiger partial charge in [-0.25, -0.2) is 4.57 Å². The Morgan fingerprint density at radius 2 is 1.32 bits per heavy atom. The van der Waals surface area contributed by atoms with Crippen molar-refractivity contribution < 1.29 is 18.5 Å². The van der Waals surface area contributed by atoms with Crippen LogP contribution in [0.1, 0.15) is 16.8 Å². The third-order valence-corrected chi connectivity index (χ3v) is 6.27. The number of nitro groups is 1. The normalized spacial score (nSPS) is 12.2. The van der Waals surface area contributed by atoms with Crippen molar-refractivity contribution in [1.82, 2.24) is 0 Å². The molecule has 0 radical (unpaired) electrons. The van der Waals surface area contributed by atoms with Crippen molar-refractivity contribution in [3.63, 3.8) is 0 Å². The lowest BCUT2D eigenvalue weighted by atomic mass is 10.1. The molecule has 28 heavy (non-hydrogen) atoms. The van der Waals surface area contributed by atoms with Crippen LogP contribution >= 0.6 is 7.60 Å². The molecule has 0 spiro atoms. The van der Waals surface area contributed by atoms with Crippen molar-refractivity contribution in [2.45, 2.75) is 12.6 Å². The molecule has 0 aliphatic rings. The lowest BCUT2D eigenvalue weighted by Crippen LogP contribution is -2.18. The Kier molecular flexibility index (Phi) is 6.12. The molecule has 0 N–H and O–H groups in total. The van der Waals surface area contributed by atoms with Gasteiger partial charge in [-0.05, 0) is 36.8 Å². The van der Waals surface area contributed by atoms with Crippen molar-refractivity contribution in [2.75, 3.05) is 6.54 Å². The van der Waals surface area contributed by atoms with E-state index in [9.17, 15) is 14.7 Å². The average Bonchev–Trinajstić information content (AvgIpc) is 2.68. The van der Waals surface area contributed by atoms with Crippen molar-refractivity contribution in [3.05, 3.63) is 106 Å². The van der Waals surface area contributed by atoms with Crippen molar-refractivity contribution >= 4 is 7.60 Å². The Morgan fingerprint density at radius 3 is 1.75 bits per heavy atom. The minimum Gasteiger partial charge on any atom is -0.415 e. The number of hydrogen-bond acceptors (Lipinski definition) is 5. The molecule has 0 amide bonds. The minimum absolute atomic E-state index is 0.322. The van der Waals surface area contributed by atoms with E-state index in [1.165, 1.54) is 0 Å². The highest BCUT2D eigenvalue weighted by Gasteiger charge is 2.44. The molecular formula is C21H20NO5P. The fraction of sp³-hybridized carbons (Fsp3) is 0.143. The predicted octanol–water partition coefficient (Wildman–Crippen LogP) is 5.66. The number of hydrogen-bond donors (Lipinski definition) is 0. The van der Waals surface area contributed by atoms with Crippen LogP contribution in [0.3, 0.4) is 0 Å². The van der Waals surface area contributed by atoms with Gasteiger partial charge in [-0.2, -0.15) is 0 Å². The highest BCUT2D eigenvalue weighted by Crippen LogP contribution is 2.60.